The van der Waals surface area contributed by atoms with E-state index in [2.05, 4.69) is 43.0 Å². The summed E-state index contributed by atoms with van der Waals surface area (Å²) in [6.07, 6.45) is 1.14. The van der Waals surface area contributed by atoms with Gasteiger partial charge in [0.2, 0.25) is 0 Å². The Bertz CT molecular complexity index is 405. The van der Waals surface area contributed by atoms with Gasteiger partial charge in [0.25, 0.3) is 0 Å². The molecule has 0 amide bonds. The van der Waals surface area contributed by atoms with Crippen LogP contribution in [-0.4, -0.2) is 24.0 Å². The van der Waals surface area contributed by atoms with Crippen LogP contribution in [0.4, 0.5) is 0 Å². The van der Waals surface area contributed by atoms with Crippen molar-refractivity contribution >= 4 is 0 Å². The van der Waals surface area contributed by atoms with Gasteiger partial charge in [0, 0.05) is 25.2 Å². The molecule has 0 saturated carbocycles. The Morgan fingerprint density at radius 3 is 2.41 bits per heavy atom. The molecule has 1 aliphatic carbocycles. The number of hydrogen-bond acceptors (Lipinski definition) is 2. The number of nitrogens with zero attached hydrogens (tertiary/aromatic N) is 1. The molecule has 2 nitrogen and oxygen atoms in total. The van der Waals surface area contributed by atoms with E-state index in [1.54, 1.807) is 0 Å². The Morgan fingerprint density at radius 2 is 1.76 bits per heavy atom. The maximum atomic E-state index is 6.42. The first-order valence-corrected chi connectivity index (χ1v) is 6.74. The van der Waals surface area contributed by atoms with Crippen molar-refractivity contribution < 1.29 is 0 Å². The Morgan fingerprint density at radius 1 is 1.12 bits per heavy atom. The molecule has 0 spiro atoms. The van der Waals surface area contributed by atoms with Crippen LogP contribution in [0.1, 0.15) is 31.0 Å². The second-order valence-corrected chi connectivity index (χ2v) is 5.90. The SMILES string of the molecule is CC1CN(C2Cc3ccccc3C2N)CC1C. The normalized spacial score (nSPS) is 37.4. The van der Waals surface area contributed by atoms with Gasteiger partial charge in [-0.2, -0.15) is 0 Å². The van der Waals surface area contributed by atoms with Crippen LogP contribution >= 0.6 is 0 Å². The summed E-state index contributed by atoms with van der Waals surface area (Å²) in [4.78, 5) is 2.61. The fourth-order valence-electron chi connectivity index (χ4n) is 3.41. The molecule has 1 heterocycles. The predicted octanol–water partition coefficient (Wildman–Crippen LogP) is 2.20. The van der Waals surface area contributed by atoms with Gasteiger partial charge in [0.05, 0.1) is 0 Å². The average molecular weight is 230 g/mol. The van der Waals surface area contributed by atoms with E-state index in [0.29, 0.717) is 6.04 Å². The van der Waals surface area contributed by atoms with Gasteiger partial charge < -0.3 is 5.73 Å². The van der Waals surface area contributed by atoms with E-state index >= 15 is 0 Å². The largest absolute Gasteiger partial charge is 0.323 e. The summed E-state index contributed by atoms with van der Waals surface area (Å²) in [6, 6.07) is 9.41. The summed E-state index contributed by atoms with van der Waals surface area (Å²) in [6.45, 7) is 7.15. The smallest absolute Gasteiger partial charge is 0.0459 e. The Balaban J connectivity index is 1.80. The molecule has 1 aliphatic heterocycles. The lowest BCUT2D eigenvalue weighted by Crippen LogP contribution is -2.39. The maximum absolute atomic E-state index is 6.42. The molecule has 4 atom stereocenters. The summed E-state index contributed by atoms with van der Waals surface area (Å²) >= 11 is 0. The standard InChI is InChI=1S/C15H22N2/c1-10-8-17(9-11(10)2)14-7-12-5-3-4-6-13(12)15(14)16/h3-6,10-11,14-15H,7-9,16H2,1-2H3. The van der Waals surface area contributed by atoms with E-state index in [9.17, 15) is 0 Å². The first-order valence-electron chi connectivity index (χ1n) is 6.74. The number of benzene rings is 1. The Hall–Kier alpha value is -0.860. The summed E-state index contributed by atoms with van der Waals surface area (Å²) in [7, 11) is 0. The Labute approximate surface area is 104 Å². The number of likely N-dealkylation sites (tertiary alicyclic amines) is 1. The topological polar surface area (TPSA) is 29.3 Å². The van der Waals surface area contributed by atoms with Crippen LogP contribution in [0.3, 0.4) is 0 Å². The van der Waals surface area contributed by atoms with Gasteiger partial charge in [-0.05, 0) is 29.4 Å². The highest BCUT2D eigenvalue weighted by Gasteiger charge is 2.38. The van der Waals surface area contributed by atoms with Crippen molar-refractivity contribution in [3.05, 3.63) is 35.4 Å². The van der Waals surface area contributed by atoms with Crippen LogP contribution < -0.4 is 5.73 Å². The quantitative estimate of drug-likeness (QED) is 0.801. The molecule has 1 aromatic carbocycles. The molecule has 3 rings (SSSR count). The third-order valence-electron chi connectivity index (χ3n) is 4.74. The molecule has 1 saturated heterocycles. The highest BCUT2D eigenvalue weighted by atomic mass is 15.2. The molecule has 17 heavy (non-hydrogen) atoms. The van der Waals surface area contributed by atoms with Gasteiger partial charge in [-0.15, -0.1) is 0 Å². The van der Waals surface area contributed by atoms with Gasteiger partial charge in [-0.1, -0.05) is 38.1 Å². The maximum Gasteiger partial charge on any atom is 0.0459 e. The molecule has 4 unspecified atom stereocenters. The van der Waals surface area contributed by atoms with Crippen LogP contribution in [0.15, 0.2) is 24.3 Å². The van der Waals surface area contributed by atoms with Crippen LogP contribution in [-0.2, 0) is 6.42 Å². The summed E-state index contributed by atoms with van der Waals surface area (Å²) in [5, 5.41) is 0. The van der Waals surface area contributed by atoms with Gasteiger partial charge in [-0.25, -0.2) is 0 Å². The lowest BCUT2D eigenvalue weighted by atomic mass is 10.0. The Kier molecular flexibility index (Phi) is 2.72. The highest BCUT2D eigenvalue weighted by molar-refractivity contribution is 5.37. The first-order chi connectivity index (χ1) is 8.16. The second-order valence-electron chi connectivity index (χ2n) is 5.90. The summed E-state index contributed by atoms with van der Waals surface area (Å²) in [5.74, 6) is 1.62. The lowest BCUT2D eigenvalue weighted by molar-refractivity contribution is 0.213. The second kappa shape index (κ2) is 4.11. The molecular formula is C15H22N2. The zero-order valence-electron chi connectivity index (χ0n) is 10.8. The van der Waals surface area contributed by atoms with Gasteiger partial charge in [0.15, 0.2) is 0 Å². The van der Waals surface area contributed by atoms with E-state index in [1.165, 1.54) is 24.2 Å². The molecule has 1 aromatic rings. The molecule has 2 N–H and O–H groups in total. The molecule has 0 bridgehead atoms. The van der Waals surface area contributed by atoms with Gasteiger partial charge in [-0.3, -0.25) is 4.90 Å². The van der Waals surface area contributed by atoms with Crippen LogP contribution in [0.5, 0.6) is 0 Å². The van der Waals surface area contributed by atoms with Crippen molar-refractivity contribution in [3.8, 4) is 0 Å². The van der Waals surface area contributed by atoms with E-state index in [0.717, 1.165) is 18.3 Å². The molecule has 2 heteroatoms. The lowest BCUT2D eigenvalue weighted by Gasteiger charge is -2.27. The van der Waals surface area contributed by atoms with Crippen molar-refractivity contribution in [1.29, 1.82) is 0 Å². The van der Waals surface area contributed by atoms with Crippen LogP contribution in [0.2, 0.25) is 0 Å². The minimum atomic E-state index is 0.212. The zero-order chi connectivity index (χ0) is 12.0. The minimum absolute atomic E-state index is 0.212. The van der Waals surface area contributed by atoms with Crippen molar-refractivity contribution in [2.75, 3.05) is 13.1 Å². The third kappa shape index (κ3) is 1.80. The molecule has 0 radical (unpaired) electrons. The fourth-order valence-corrected chi connectivity index (χ4v) is 3.41. The molecule has 0 aromatic heterocycles. The van der Waals surface area contributed by atoms with Crippen LogP contribution in [0.25, 0.3) is 0 Å². The highest BCUT2D eigenvalue weighted by Crippen LogP contribution is 2.36. The van der Waals surface area contributed by atoms with E-state index in [-0.39, 0.29) is 6.04 Å². The summed E-state index contributed by atoms with van der Waals surface area (Å²) < 4.78 is 0. The van der Waals surface area contributed by atoms with Crippen LogP contribution in [0, 0.1) is 11.8 Å². The minimum Gasteiger partial charge on any atom is -0.323 e. The molecular weight excluding hydrogens is 208 g/mol. The van der Waals surface area contributed by atoms with Gasteiger partial charge in [0.1, 0.15) is 0 Å². The van der Waals surface area contributed by atoms with E-state index < -0.39 is 0 Å². The first kappa shape index (κ1) is 11.2. The number of hydrogen-bond donors (Lipinski definition) is 1. The van der Waals surface area contributed by atoms with Gasteiger partial charge >= 0.3 is 0 Å². The number of fused-ring (bicyclic) bond motifs is 1. The average Bonchev–Trinajstić information content (AvgIpc) is 2.82. The summed E-state index contributed by atoms with van der Waals surface area (Å²) in [5.41, 5.74) is 9.24. The molecule has 2 aliphatic rings. The van der Waals surface area contributed by atoms with E-state index in [1.807, 2.05) is 0 Å². The van der Waals surface area contributed by atoms with Crippen molar-refractivity contribution in [2.24, 2.45) is 17.6 Å². The molecule has 1 fully saturated rings. The third-order valence-corrected chi connectivity index (χ3v) is 4.74. The molecule has 92 valence electrons. The predicted molar refractivity (Wildman–Crippen MR) is 70.8 cm³/mol. The number of nitrogens with two attached hydrogens (primary N) is 1. The number of rotatable bonds is 1. The zero-order valence-corrected chi connectivity index (χ0v) is 10.8. The monoisotopic (exact) mass is 230 g/mol. The van der Waals surface area contributed by atoms with Crippen molar-refractivity contribution in [3.63, 3.8) is 0 Å². The van der Waals surface area contributed by atoms with E-state index in [4.69, 9.17) is 5.73 Å². The van der Waals surface area contributed by atoms with Crippen molar-refractivity contribution in [2.45, 2.75) is 32.4 Å². The van der Waals surface area contributed by atoms with Crippen molar-refractivity contribution in [1.82, 2.24) is 4.90 Å². The fraction of sp³-hybridized carbons (Fsp3) is 0.600.